The van der Waals surface area contributed by atoms with E-state index in [1.54, 1.807) is 7.11 Å². The third-order valence-electron chi connectivity index (χ3n) is 7.69. The van der Waals surface area contributed by atoms with Crippen molar-refractivity contribution in [3.63, 3.8) is 0 Å². The average molecular weight is 533 g/mol. The Kier molecular flexibility index (Phi) is 7.82. The molecule has 1 aliphatic carbocycles. The number of hydrogen-bond acceptors (Lipinski definition) is 4. The number of carbonyl (C=O) groups is 1. The Morgan fingerprint density at radius 2 is 1.84 bits per heavy atom. The molecule has 0 saturated heterocycles. The van der Waals surface area contributed by atoms with Crippen LogP contribution >= 0.6 is 22.9 Å². The van der Waals surface area contributed by atoms with Crippen LogP contribution in [0.2, 0.25) is 5.02 Å². The van der Waals surface area contributed by atoms with E-state index >= 15 is 0 Å². The van der Waals surface area contributed by atoms with Gasteiger partial charge in [0.25, 0.3) is 5.91 Å². The van der Waals surface area contributed by atoms with Crippen LogP contribution < -0.4 is 4.74 Å². The Balaban J connectivity index is 1.52. The van der Waals surface area contributed by atoms with Gasteiger partial charge in [-0.25, -0.2) is 0 Å². The fraction of sp³-hybridized carbons (Fsp3) is 0.355. The van der Waals surface area contributed by atoms with Crippen molar-refractivity contribution in [2.45, 2.75) is 58.5 Å². The first-order valence-corrected chi connectivity index (χ1v) is 14.3. The van der Waals surface area contributed by atoms with Crippen molar-refractivity contribution >= 4 is 38.9 Å². The highest BCUT2D eigenvalue weighted by Crippen LogP contribution is 2.39. The first-order valence-electron chi connectivity index (χ1n) is 13.1. The summed E-state index contributed by atoms with van der Waals surface area (Å²) in [5.41, 5.74) is 4.08. The van der Waals surface area contributed by atoms with Gasteiger partial charge in [0.1, 0.15) is 10.6 Å². The van der Waals surface area contributed by atoms with Gasteiger partial charge in [0.15, 0.2) is 0 Å². The highest BCUT2D eigenvalue weighted by atomic mass is 35.5. The van der Waals surface area contributed by atoms with Gasteiger partial charge >= 0.3 is 0 Å². The number of ether oxygens (including phenoxy) is 1. The normalized spacial score (nSPS) is 17.6. The zero-order chi connectivity index (χ0) is 25.9. The van der Waals surface area contributed by atoms with E-state index in [0.29, 0.717) is 16.4 Å². The molecule has 2 aromatic carbocycles. The first kappa shape index (κ1) is 25.7. The van der Waals surface area contributed by atoms with Crippen LogP contribution in [0.15, 0.2) is 60.8 Å². The third kappa shape index (κ3) is 5.39. The number of aromatic nitrogens is 1. The number of hydrogen-bond donors (Lipinski definition) is 0. The summed E-state index contributed by atoms with van der Waals surface area (Å²) in [6, 6.07) is 18.4. The fourth-order valence-electron chi connectivity index (χ4n) is 5.42. The molecule has 1 fully saturated rings. The number of methoxy groups -OCH3 is 1. The Labute approximate surface area is 228 Å². The fourth-order valence-corrected chi connectivity index (χ4v) is 6.89. The van der Waals surface area contributed by atoms with E-state index in [1.807, 2.05) is 49.5 Å². The van der Waals surface area contributed by atoms with E-state index < -0.39 is 0 Å². The second kappa shape index (κ2) is 11.2. The molecule has 1 aliphatic rings. The minimum Gasteiger partial charge on any atom is -0.496 e. The molecule has 0 bridgehead atoms. The molecule has 2 heterocycles. The number of halogens is 1. The Hall–Kier alpha value is -2.89. The van der Waals surface area contributed by atoms with Crippen molar-refractivity contribution in [1.29, 1.82) is 0 Å². The monoisotopic (exact) mass is 532 g/mol. The number of pyridine rings is 1. The van der Waals surface area contributed by atoms with Crippen molar-refractivity contribution in [2.75, 3.05) is 7.11 Å². The van der Waals surface area contributed by atoms with Gasteiger partial charge in [0.05, 0.1) is 12.1 Å². The van der Waals surface area contributed by atoms with Crippen LogP contribution in [0.1, 0.15) is 60.0 Å². The van der Waals surface area contributed by atoms with Crippen LogP contribution in [0.3, 0.4) is 0 Å². The Morgan fingerprint density at radius 3 is 2.51 bits per heavy atom. The molecule has 4 aromatic rings. The van der Waals surface area contributed by atoms with E-state index in [1.165, 1.54) is 17.8 Å². The molecule has 0 radical (unpaired) electrons. The molecular weight excluding hydrogens is 500 g/mol. The summed E-state index contributed by atoms with van der Waals surface area (Å²) < 4.78 is 6.80. The molecule has 0 spiro atoms. The summed E-state index contributed by atoms with van der Waals surface area (Å²) in [5, 5.41) is 1.50. The Morgan fingerprint density at radius 1 is 1.08 bits per heavy atom. The van der Waals surface area contributed by atoms with Gasteiger partial charge < -0.3 is 9.64 Å². The molecule has 1 saturated carbocycles. The molecule has 4 nitrogen and oxygen atoms in total. The first-order chi connectivity index (χ1) is 18.0. The van der Waals surface area contributed by atoms with Crippen molar-refractivity contribution in [3.8, 4) is 16.9 Å². The molecular formula is C31H33ClN2O2S. The highest BCUT2D eigenvalue weighted by Gasteiger charge is 2.32. The molecule has 0 N–H and O–H groups in total. The topological polar surface area (TPSA) is 42.4 Å². The zero-order valence-electron chi connectivity index (χ0n) is 21.7. The molecule has 0 aliphatic heterocycles. The summed E-state index contributed by atoms with van der Waals surface area (Å²) in [4.78, 5) is 21.3. The predicted molar refractivity (Wildman–Crippen MR) is 154 cm³/mol. The van der Waals surface area contributed by atoms with E-state index in [-0.39, 0.29) is 11.9 Å². The maximum Gasteiger partial charge on any atom is 0.266 e. The van der Waals surface area contributed by atoms with Gasteiger partial charge in [-0.3, -0.25) is 9.78 Å². The van der Waals surface area contributed by atoms with Crippen LogP contribution in [-0.2, 0) is 6.54 Å². The number of thiophene rings is 1. The molecule has 5 rings (SSSR count). The molecule has 0 unspecified atom stereocenters. The average Bonchev–Trinajstić information content (AvgIpc) is 3.28. The van der Waals surface area contributed by atoms with Crippen molar-refractivity contribution in [2.24, 2.45) is 5.92 Å². The van der Waals surface area contributed by atoms with Crippen molar-refractivity contribution in [1.82, 2.24) is 9.88 Å². The number of nitrogens with zero attached hydrogens (tertiary/aromatic N) is 2. The van der Waals surface area contributed by atoms with Crippen LogP contribution in [0.4, 0.5) is 0 Å². The predicted octanol–water partition coefficient (Wildman–Crippen LogP) is 8.54. The number of fused-ring (bicyclic) bond motifs is 1. The number of benzene rings is 2. The van der Waals surface area contributed by atoms with E-state index in [2.05, 4.69) is 35.0 Å². The van der Waals surface area contributed by atoms with Crippen molar-refractivity contribution < 1.29 is 9.53 Å². The SMILES string of the molecule is CC[C@H]1CC[C@@H](N(Cc2cc(-c3ccc(C)nc3)ccc2OC)C(=O)c2sc3ccccc3c2Cl)CC1. The van der Waals surface area contributed by atoms with Gasteiger partial charge in [-0.05, 0) is 68.4 Å². The molecule has 1 amide bonds. The van der Waals surface area contributed by atoms with Gasteiger partial charge in [-0.1, -0.05) is 55.3 Å². The lowest BCUT2D eigenvalue weighted by Gasteiger charge is -2.37. The van der Waals surface area contributed by atoms with Gasteiger partial charge in [0, 0.05) is 45.7 Å². The Bertz CT molecular complexity index is 1390. The minimum atomic E-state index is 0.00982. The highest BCUT2D eigenvalue weighted by molar-refractivity contribution is 7.21. The van der Waals surface area contributed by atoms with Crippen LogP contribution in [0, 0.1) is 12.8 Å². The molecule has 0 atom stereocenters. The summed E-state index contributed by atoms with van der Waals surface area (Å²) in [6.07, 6.45) is 7.41. The van der Waals surface area contributed by atoms with E-state index in [4.69, 9.17) is 16.3 Å². The van der Waals surface area contributed by atoms with Crippen molar-refractivity contribution in [3.05, 3.63) is 82.0 Å². The number of aryl methyl sites for hydroxylation is 1. The third-order valence-corrected chi connectivity index (χ3v) is 9.35. The zero-order valence-corrected chi connectivity index (χ0v) is 23.2. The van der Waals surface area contributed by atoms with Crippen LogP contribution in [0.25, 0.3) is 21.2 Å². The standard InChI is InChI=1S/C31H33ClN2O2S/c1-4-21-10-14-25(15-11-21)34(31(35)30-29(32)26-7-5-6-8-28(26)37-30)19-24-17-22(13-16-27(24)36-3)23-12-9-20(2)33-18-23/h5-9,12-13,16-18,21,25H,4,10-11,14-15,19H2,1-3H3/t21-,25+. The van der Waals surface area contributed by atoms with Gasteiger partial charge in [-0.15, -0.1) is 11.3 Å². The molecule has 2 aromatic heterocycles. The summed E-state index contributed by atoms with van der Waals surface area (Å²) in [5.74, 6) is 1.54. The maximum absolute atomic E-state index is 14.2. The molecule has 6 heteroatoms. The number of carbonyl (C=O) groups excluding carboxylic acids is 1. The van der Waals surface area contributed by atoms with E-state index in [0.717, 1.165) is 69.8 Å². The van der Waals surface area contributed by atoms with Crippen LogP contribution in [-0.4, -0.2) is 28.9 Å². The lowest BCUT2D eigenvalue weighted by molar-refractivity contribution is 0.0591. The largest absolute Gasteiger partial charge is 0.496 e. The van der Waals surface area contributed by atoms with E-state index in [9.17, 15) is 4.79 Å². The number of rotatable bonds is 7. The quantitative estimate of drug-likeness (QED) is 0.239. The summed E-state index contributed by atoms with van der Waals surface area (Å²) in [6.45, 7) is 4.72. The number of amides is 1. The summed E-state index contributed by atoms with van der Waals surface area (Å²) >= 11 is 8.28. The molecule has 37 heavy (non-hydrogen) atoms. The molecule has 192 valence electrons. The van der Waals surface area contributed by atoms with Gasteiger partial charge in [0.2, 0.25) is 0 Å². The lowest BCUT2D eigenvalue weighted by Crippen LogP contribution is -2.41. The second-order valence-corrected chi connectivity index (χ2v) is 11.4. The van der Waals surface area contributed by atoms with Crippen LogP contribution in [0.5, 0.6) is 5.75 Å². The lowest BCUT2D eigenvalue weighted by atomic mass is 9.83. The van der Waals surface area contributed by atoms with Gasteiger partial charge in [-0.2, -0.15) is 0 Å². The minimum absolute atomic E-state index is 0.00982. The maximum atomic E-state index is 14.2. The smallest absolute Gasteiger partial charge is 0.266 e. The second-order valence-electron chi connectivity index (χ2n) is 9.97. The summed E-state index contributed by atoms with van der Waals surface area (Å²) in [7, 11) is 1.69.